The molecule has 1 aromatic heterocycles. The van der Waals surface area contributed by atoms with Crippen molar-refractivity contribution in [2.45, 2.75) is 45.4 Å². The van der Waals surface area contributed by atoms with Crippen LogP contribution in [-0.2, 0) is 4.79 Å². The molecule has 1 aliphatic heterocycles. The van der Waals surface area contributed by atoms with Crippen LogP contribution in [0.3, 0.4) is 0 Å². The monoisotopic (exact) mass is 462 g/mol. The molecule has 4 N–H and O–H groups in total. The summed E-state index contributed by atoms with van der Waals surface area (Å²) < 4.78 is 7.25. The first kappa shape index (κ1) is 23.3. The zero-order valence-electron chi connectivity index (χ0n) is 19.4. The molecule has 2 aromatic carbocycles. The van der Waals surface area contributed by atoms with Gasteiger partial charge in [-0.3, -0.25) is 15.4 Å². The molecule has 178 valence electrons. The first-order valence-corrected chi connectivity index (χ1v) is 11.5. The summed E-state index contributed by atoms with van der Waals surface area (Å²) in [7, 11) is 0. The normalized spacial score (nSPS) is 17.6. The molecule has 0 bridgehead atoms. The Hall–Kier alpha value is -3.85. The number of anilines is 2. The summed E-state index contributed by atoms with van der Waals surface area (Å²) in [6, 6.07) is 18.2. The third-order valence-corrected chi connectivity index (χ3v) is 5.40. The van der Waals surface area contributed by atoms with E-state index in [4.69, 9.17) is 4.74 Å². The minimum absolute atomic E-state index is 0.0251. The Balaban J connectivity index is 1.50. The second-order valence-corrected chi connectivity index (χ2v) is 8.27. The first-order valence-electron chi connectivity index (χ1n) is 11.5. The number of benzene rings is 2. The van der Waals surface area contributed by atoms with E-state index in [0.29, 0.717) is 30.2 Å². The van der Waals surface area contributed by atoms with Crippen molar-refractivity contribution in [2.24, 2.45) is 0 Å². The van der Waals surface area contributed by atoms with Gasteiger partial charge in [0.1, 0.15) is 11.6 Å². The number of hydrogen-bond donors (Lipinski definition) is 4. The summed E-state index contributed by atoms with van der Waals surface area (Å²) >= 11 is 0. The van der Waals surface area contributed by atoms with E-state index in [-0.39, 0.29) is 11.9 Å². The highest BCUT2D eigenvalue weighted by Gasteiger charge is 2.27. The predicted molar refractivity (Wildman–Crippen MR) is 132 cm³/mol. The maximum atomic E-state index is 12.8. The van der Waals surface area contributed by atoms with Gasteiger partial charge in [0.05, 0.1) is 12.3 Å². The molecular weight excluding hydrogens is 432 g/mol. The lowest BCUT2D eigenvalue weighted by molar-refractivity contribution is -0.125. The smallest absolute Gasteiger partial charge is 0.324 e. The Bertz CT molecular complexity index is 1110. The predicted octanol–water partition coefficient (Wildman–Crippen LogP) is 4.33. The van der Waals surface area contributed by atoms with Crippen molar-refractivity contribution in [3.05, 3.63) is 60.7 Å². The fraction of sp³-hybridized carbons (Fsp3) is 0.320. The fourth-order valence-corrected chi connectivity index (χ4v) is 3.67. The number of rotatable bonds is 8. The van der Waals surface area contributed by atoms with E-state index in [1.54, 1.807) is 22.9 Å². The molecule has 2 atom stereocenters. The van der Waals surface area contributed by atoms with Gasteiger partial charge in [-0.15, -0.1) is 0 Å². The molecule has 1 aliphatic rings. The second kappa shape index (κ2) is 10.8. The SMILES string of the molecule is CCCCOc1ccc(NC(=O)Nc2cc(-c3ccccc3)nn2C2NC(=O)CC(C)N2)cc1. The molecule has 34 heavy (non-hydrogen) atoms. The summed E-state index contributed by atoms with van der Waals surface area (Å²) in [5.41, 5.74) is 2.21. The van der Waals surface area contributed by atoms with Crippen LogP contribution in [0.15, 0.2) is 60.7 Å². The number of hydrogen-bond acceptors (Lipinski definition) is 5. The van der Waals surface area contributed by atoms with Crippen molar-refractivity contribution < 1.29 is 14.3 Å². The molecule has 9 heteroatoms. The van der Waals surface area contributed by atoms with E-state index in [9.17, 15) is 9.59 Å². The average molecular weight is 463 g/mol. The highest BCUT2D eigenvalue weighted by molar-refractivity contribution is 5.99. The van der Waals surface area contributed by atoms with Crippen LogP contribution in [0.25, 0.3) is 11.3 Å². The van der Waals surface area contributed by atoms with E-state index in [1.807, 2.05) is 49.4 Å². The molecule has 2 unspecified atom stereocenters. The van der Waals surface area contributed by atoms with Crippen molar-refractivity contribution in [3.8, 4) is 17.0 Å². The van der Waals surface area contributed by atoms with Crippen LogP contribution in [-0.4, -0.2) is 34.4 Å². The van der Waals surface area contributed by atoms with Gasteiger partial charge >= 0.3 is 6.03 Å². The molecule has 0 aliphatic carbocycles. The molecule has 1 fully saturated rings. The van der Waals surface area contributed by atoms with E-state index in [2.05, 4.69) is 33.3 Å². The summed E-state index contributed by atoms with van der Waals surface area (Å²) in [5.74, 6) is 1.13. The first-order chi connectivity index (χ1) is 16.5. The number of carbonyl (C=O) groups is 2. The Morgan fingerprint density at radius 2 is 1.91 bits per heavy atom. The van der Waals surface area contributed by atoms with Crippen LogP contribution in [0.1, 0.15) is 39.4 Å². The second-order valence-electron chi connectivity index (χ2n) is 8.27. The molecule has 0 radical (unpaired) electrons. The van der Waals surface area contributed by atoms with Crippen molar-refractivity contribution in [1.29, 1.82) is 0 Å². The van der Waals surface area contributed by atoms with E-state index >= 15 is 0 Å². The molecule has 4 rings (SSSR count). The van der Waals surface area contributed by atoms with Crippen LogP contribution < -0.4 is 26.0 Å². The van der Waals surface area contributed by atoms with Crippen LogP contribution in [0, 0.1) is 0 Å². The number of nitrogens with zero attached hydrogens (tertiary/aromatic N) is 2. The minimum atomic E-state index is -0.580. The lowest BCUT2D eigenvalue weighted by Crippen LogP contribution is -2.52. The van der Waals surface area contributed by atoms with Gasteiger partial charge in [-0.05, 0) is 37.6 Å². The Morgan fingerprint density at radius 1 is 1.15 bits per heavy atom. The quantitative estimate of drug-likeness (QED) is 0.373. The van der Waals surface area contributed by atoms with Crippen LogP contribution in [0.2, 0.25) is 0 Å². The van der Waals surface area contributed by atoms with E-state index in [1.165, 1.54) is 0 Å². The molecule has 1 saturated heterocycles. The molecule has 0 spiro atoms. The number of ether oxygens (including phenoxy) is 1. The van der Waals surface area contributed by atoms with E-state index in [0.717, 1.165) is 24.2 Å². The maximum absolute atomic E-state index is 12.8. The van der Waals surface area contributed by atoms with Gasteiger partial charge in [0.25, 0.3) is 0 Å². The molecule has 3 amide bonds. The summed E-state index contributed by atoms with van der Waals surface area (Å²) in [6.07, 6.45) is 1.87. The van der Waals surface area contributed by atoms with Crippen LogP contribution in [0.4, 0.5) is 16.3 Å². The van der Waals surface area contributed by atoms with Crippen LogP contribution >= 0.6 is 0 Å². The summed E-state index contributed by atoms with van der Waals surface area (Å²) in [6.45, 7) is 4.72. The zero-order chi connectivity index (χ0) is 23.9. The van der Waals surface area contributed by atoms with Crippen LogP contribution in [0.5, 0.6) is 5.75 Å². The molecular formula is C25H30N6O3. The Kier molecular flexibility index (Phi) is 7.44. The van der Waals surface area contributed by atoms with Gasteiger partial charge in [0.15, 0.2) is 6.29 Å². The lowest BCUT2D eigenvalue weighted by Gasteiger charge is -2.30. The van der Waals surface area contributed by atoms with Gasteiger partial charge in [0.2, 0.25) is 5.91 Å². The highest BCUT2D eigenvalue weighted by Crippen LogP contribution is 2.25. The molecule has 9 nitrogen and oxygen atoms in total. The number of aromatic nitrogens is 2. The minimum Gasteiger partial charge on any atom is -0.494 e. The summed E-state index contributed by atoms with van der Waals surface area (Å²) in [5, 5.41) is 16.5. The molecule has 2 heterocycles. The summed E-state index contributed by atoms with van der Waals surface area (Å²) in [4.78, 5) is 24.9. The number of unbranched alkanes of at least 4 members (excludes halogenated alkanes) is 1. The standard InChI is InChI=1S/C25H30N6O3/c1-3-4-14-34-20-12-10-19(11-13-20)27-25(33)28-22-16-21(18-8-6-5-7-9-18)30-31(22)24-26-17(2)15-23(32)29-24/h5-13,16-17,24,26H,3-4,14-15H2,1-2H3,(H,29,32)(H2,27,28,33). The van der Waals surface area contributed by atoms with Crippen molar-refractivity contribution in [1.82, 2.24) is 20.4 Å². The Labute approximate surface area is 198 Å². The average Bonchev–Trinajstić information content (AvgIpc) is 3.24. The van der Waals surface area contributed by atoms with Gasteiger partial charge in [0, 0.05) is 29.8 Å². The zero-order valence-corrected chi connectivity index (χ0v) is 19.4. The molecule has 3 aromatic rings. The van der Waals surface area contributed by atoms with E-state index < -0.39 is 12.3 Å². The van der Waals surface area contributed by atoms with Crippen molar-refractivity contribution in [3.63, 3.8) is 0 Å². The number of nitrogens with one attached hydrogen (secondary N) is 4. The number of urea groups is 1. The van der Waals surface area contributed by atoms with Gasteiger partial charge in [-0.2, -0.15) is 5.10 Å². The van der Waals surface area contributed by atoms with Gasteiger partial charge in [-0.1, -0.05) is 43.7 Å². The number of amides is 3. The highest BCUT2D eigenvalue weighted by atomic mass is 16.5. The lowest BCUT2D eigenvalue weighted by atomic mass is 10.2. The van der Waals surface area contributed by atoms with Crippen molar-refractivity contribution >= 4 is 23.4 Å². The third kappa shape index (κ3) is 5.93. The number of carbonyl (C=O) groups excluding carboxylic acids is 2. The fourth-order valence-electron chi connectivity index (χ4n) is 3.67. The van der Waals surface area contributed by atoms with Crippen molar-refractivity contribution in [2.75, 3.05) is 17.2 Å². The maximum Gasteiger partial charge on any atom is 0.324 e. The molecule has 0 saturated carbocycles. The van der Waals surface area contributed by atoms with Gasteiger partial charge in [-0.25, -0.2) is 9.48 Å². The Morgan fingerprint density at radius 3 is 2.62 bits per heavy atom. The largest absolute Gasteiger partial charge is 0.494 e. The topological polar surface area (TPSA) is 109 Å². The third-order valence-electron chi connectivity index (χ3n) is 5.40. The van der Waals surface area contributed by atoms with Gasteiger partial charge < -0.3 is 15.4 Å².